The van der Waals surface area contributed by atoms with E-state index in [4.69, 9.17) is 0 Å². The zero-order valence-corrected chi connectivity index (χ0v) is 15.1. The van der Waals surface area contributed by atoms with E-state index in [1.807, 2.05) is 32.4 Å². The minimum Gasteiger partial charge on any atom is -0.347 e. The average molecular weight is 331 g/mol. The number of amides is 2. The van der Waals surface area contributed by atoms with Crippen molar-refractivity contribution in [3.05, 3.63) is 23.5 Å². The van der Waals surface area contributed by atoms with E-state index in [-0.39, 0.29) is 30.3 Å². The third-order valence-corrected chi connectivity index (χ3v) is 3.81. The minimum atomic E-state index is -0.289. The molecule has 0 spiro atoms. The second-order valence-electron chi connectivity index (χ2n) is 6.64. The van der Waals surface area contributed by atoms with Crippen LogP contribution in [0.25, 0.3) is 11.0 Å². The Morgan fingerprint density at radius 1 is 1.25 bits per heavy atom. The number of aromatic nitrogens is 3. The Hall–Kier alpha value is -2.44. The van der Waals surface area contributed by atoms with Crippen LogP contribution in [0.15, 0.2) is 12.3 Å². The Bertz CT molecular complexity index is 762. The third-order valence-electron chi connectivity index (χ3n) is 3.81. The molecule has 2 rings (SSSR count). The zero-order chi connectivity index (χ0) is 18.0. The van der Waals surface area contributed by atoms with Gasteiger partial charge in [-0.1, -0.05) is 13.8 Å². The van der Waals surface area contributed by atoms with Crippen molar-refractivity contribution in [1.82, 2.24) is 25.0 Å². The van der Waals surface area contributed by atoms with Gasteiger partial charge in [-0.25, -0.2) is 9.67 Å². The highest BCUT2D eigenvalue weighted by molar-refractivity contribution is 6.06. The van der Waals surface area contributed by atoms with E-state index < -0.39 is 0 Å². The minimum absolute atomic E-state index is 0.0367. The van der Waals surface area contributed by atoms with Gasteiger partial charge in [-0.15, -0.1) is 0 Å². The summed E-state index contributed by atoms with van der Waals surface area (Å²) in [7, 11) is 3.31. The summed E-state index contributed by atoms with van der Waals surface area (Å²) in [4.78, 5) is 30.4. The van der Waals surface area contributed by atoms with E-state index >= 15 is 0 Å². The molecule has 0 aromatic carbocycles. The summed E-state index contributed by atoms with van der Waals surface area (Å²) in [5.41, 5.74) is 2.02. The van der Waals surface area contributed by atoms with Crippen LogP contribution in [0.1, 0.15) is 55.7 Å². The lowest BCUT2D eigenvalue weighted by Crippen LogP contribution is -2.36. The summed E-state index contributed by atoms with van der Waals surface area (Å²) >= 11 is 0. The third kappa shape index (κ3) is 3.55. The van der Waals surface area contributed by atoms with Crippen molar-refractivity contribution in [2.75, 3.05) is 20.6 Å². The maximum atomic E-state index is 12.6. The van der Waals surface area contributed by atoms with Gasteiger partial charge < -0.3 is 10.2 Å². The molecule has 0 aliphatic heterocycles. The molecule has 1 N–H and O–H groups in total. The summed E-state index contributed by atoms with van der Waals surface area (Å²) in [6.07, 6.45) is 1.66. The standard InChI is InChI=1S/C17H25N5O2/c1-10(2)14-7-12(17(24)18-9-15(23)21(5)6)13-8-19-22(11(3)4)16(13)20-14/h7-8,10-11H,9H2,1-6H3,(H,18,24). The molecule has 0 fully saturated rings. The molecule has 2 aromatic rings. The maximum Gasteiger partial charge on any atom is 0.252 e. The van der Waals surface area contributed by atoms with Crippen molar-refractivity contribution in [2.45, 2.75) is 39.7 Å². The van der Waals surface area contributed by atoms with Crippen LogP contribution < -0.4 is 5.32 Å². The lowest BCUT2D eigenvalue weighted by atomic mass is 10.0. The van der Waals surface area contributed by atoms with E-state index in [2.05, 4.69) is 15.4 Å². The molecule has 0 aliphatic rings. The van der Waals surface area contributed by atoms with Gasteiger partial charge in [-0.2, -0.15) is 5.10 Å². The molecule has 7 heteroatoms. The lowest BCUT2D eigenvalue weighted by molar-refractivity contribution is -0.127. The molecule has 130 valence electrons. The van der Waals surface area contributed by atoms with Crippen molar-refractivity contribution >= 4 is 22.8 Å². The average Bonchev–Trinajstić information content (AvgIpc) is 2.94. The van der Waals surface area contributed by atoms with Crippen LogP contribution in [0.2, 0.25) is 0 Å². The molecule has 24 heavy (non-hydrogen) atoms. The molecule has 0 radical (unpaired) electrons. The number of nitrogens with one attached hydrogen (secondary N) is 1. The van der Waals surface area contributed by atoms with Gasteiger partial charge in [-0.05, 0) is 25.8 Å². The smallest absolute Gasteiger partial charge is 0.252 e. The van der Waals surface area contributed by atoms with Crippen LogP contribution in [0, 0.1) is 0 Å². The molecule has 0 aliphatic carbocycles. The first-order valence-corrected chi connectivity index (χ1v) is 8.08. The van der Waals surface area contributed by atoms with Gasteiger partial charge in [0.25, 0.3) is 5.91 Å². The van der Waals surface area contributed by atoms with Crippen molar-refractivity contribution in [3.63, 3.8) is 0 Å². The number of pyridine rings is 1. The highest BCUT2D eigenvalue weighted by Gasteiger charge is 2.19. The molecule has 0 saturated heterocycles. The predicted molar refractivity (Wildman–Crippen MR) is 93.0 cm³/mol. The Morgan fingerprint density at radius 2 is 1.92 bits per heavy atom. The number of carbonyl (C=O) groups excluding carboxylic acids is 2. The van der Waals surface area contributed by atoms with Gasteiger partial charge in [0.1, 0.15) is 0 Å². The molecule has 0 bridgehead atoms. The van der Waals surface area contributed by atoms with Gasteiger partial charge in [-0.3, -0.25) is 9.59 Å². The monoisotopic (exact) mass is 331 g/mol. The Morgan fingerprint density at radius 3 is 2.46 bits per heavy atom. The van der Waals surface area contributed by atoms with Gasteiger partial charge in [0.05, 0.1) is 23.7 Å². The Balaban J connectivity index is 2.44. The van der Waals surface area contributed by atoms with E-state index in [1.54, 1.807) is 26.4 Å². The van der Waals surface area contributed by atoms with Crippen LogP contribution in [0.4, 0.5) is 0 Å². The lowest BCUT2D eigenvalue weighted by Gasteiger charge is -2.13. The number of likely N-dealkylation sites (N-methyl/N-ethyl adjacent to an activating group) is 1. The zero-order valence-electron chi connectivity index (χ0n) is 15.1. The van der Waals surface area contributed by atoms with Gasteiger partial charge in [0, 0.05) is 25.8 Å². The molecular formula is C17H25N5O2. The fraction of sp³-hybridized carbons (Fsp3) is 0.529. The van der Waals surface area contributed by atoms with Gasteiger partial charge >= 0.3 is 0 Å². The fourth-order valence-electron chi connectivity index (χ4n) is 2.31. The van der Waals surface area contributed by atoms with Gasteiger partial charge in [0.2, 0.25) is 5.91 Å². The molecule has 7 nitrogen and oxygen atoms in total. The molecule has 0 atom stereocenters. The molecule has 2 amide bonds. The number of nitrogens with zero attached hydrogens (tertiary/aromatic N) is 4. The molecule has 2 heterocycles. The van der Waals surface area contributed by atoms with Crippen molar-refractivity contribution < 1.29 is 9.59 Å². The predicted octanol–water partition coefficient (Wildman–Crippen LogP) is 1.95. The van der Waals surface area contributed by atoms with E-state index in [1.165, 1.54) is 4.90 Å². The first kappa shape index (κ1) is 17.9. The second-order valence-corrected chi connectivity index (χ2v) is 6.64. The van der Waals surface area contributed by atoms with Crippen molar-refractivity contribution in [3.8, 4) is 0 Å². The maximum absolute atomic E-state index is 12.6. The molecule has 0 saturated carbocycles. The SMILES string of the molecule is CC(C)c1cc(C(=O)NCC(=O)N(C)C)c2cnn(C(C)C)c2n1. The number of carbonyl (C=O) groups is 2. The van der Waals surface area contributed by atoms with E-state index in [0.29, 0.717) is 16.6 Å². The first-order valence-electron chi connectivity index (χ1n) is 8.08. The van der Waals surface area contributed by atoms with E-state index in [9.17, 15) is 9.59 Å². The summed E-state index contributed by atoms with van der Waals surface area (Å²) in [5.74, 6) is -0.265. The topological polar surface area (TPSA) is 80.1 Å². The van der Waals surface area contributed by atoms with Crippen molar-refractivity contribution in [1.29, 1.82) is 0 Å². The highest BCUT2D eigenvalue weighted by Crippen LogP contribution is 2.24. The van der Waals surface area contributed by atoms with Gasteiger partial charge in [0.15, 0.2) is 5.65 Å². The molecule has 0 unspecified atom stereocenters. The first-order chi connectivity index (χ1) is 11.2. The van der Waals surface area contributed by atoms with Crippen LogP contribution in [-0.2, 0) is 4.79 Å². The van der Waals surface area contributed by atoms with Crippen LogP contribution >= 0.6 is 0 Å². The highest BCUT2D eigenvalue weighted by atomic mass is 16.2. The van der Waals surface area contributed by atoms with Crippen molar-refractivity contribution in [2.24, 2.45) is 0 Å². The summed E-state index contributed by atoms with van der Waals surface area (Å²) < 4.78 is 1.81. The molecule has 2 aromatic heterocycles. The quantitative estimate of drug-likeness (QED) is 0.908. The van der Waals surface area contributed by atoms with E-state index in [0.717, 1.165) is 5.69 Å². The summed E-state index contributed by atoms with van der Waals surface area (Å²) in [5, 5.41) is 7.74. The van der Waals surface area contributed by atoms with Crippen LogP contribution in [0.3, 0.4) is 0 Å². The summed E-state index contributed by atoms with van der Waals surface area (Å²) in [6, 6.07) is 1.93. The normalized spacial score (nSPS) is 11.3. The number of fused-ring (bicyclic) bond motifs is 1. The Labute approximate surface area is 142 Å². The van der Waals surface area contributed by atoms with Crippen LogP contribution in [-0.4, -0.2) is 52.1 Å². The number of hydrogen-bond acceptors (Lipinski definition) is 4. The largest absolute Gasteiger partial charge is 0.347 e. The number of hydrogen-bond donors (Lipinski definition) is 1. The Kier molecular flexibility index (Phi) is 5.21. The van der Waals surface area contributed by atoms with Crippen LogP contribution in [0.5, 0.6) is 0 Å². The second kappa shape index (κ2) is 6.98. The molecular weight excluding hydrogens is 306 g/mol. The fourth-order valence-corrected chi connectivity index (χ4v) is 2.31. The summed E-state index contributed by atoms with van der Waals surface area (Å²) in [6.45, 7) is 8.06. The number of rotatable bonds is 5.